The van der Waals surface area contributed by atoms with Crippen LogP contribution in [0.2, 0.25) is 0 Å². The van der Waals surface area contributed by atoms with Crippen LogP contribution in [0.15, 0.2) is 53.3 Å². The summed E-state index contributed by atoms with van der Waals surface area (Å²) in [7, 11) is 0. The van der Waals surface area contributed by atoms with E-state index in [2.05, 4.69) is 0 Å². The molecule has 4 nitrogen and oxygen atoms in total. The highest BCUT2D eigenvalue weighted by Crippen LogP contribution is 2.22. The maximum Gasteiger partial charge on any atom is 0.256 e. The Kier molecular flexibility index (Phi) is 3.83. The minimum absolute atomic E-state index is 0.0231. The molecule has 20 heavy (non-hydrogen) atoms. The van der Waals surface area contributed by atoms with Gasteiger partial charge in [-0.15, -0.1) is 0 Å². The Balaban J connectivity index is 1.84. The molecule has 1 fully saturated rings. The van der Waals surface area contributed by atoms with Crippen LogP contribution in [0, 0.1) is 0 Å². The van der Waals surface area contributed by atoms with Crippen molar-refractivity contribution in [3.05, 3.63) is 54.5 Å². The van der Waals surface area contributed by atoms with Gasteiger partial charge in [0, 0.05) is 17.9 Å². The lowest BCUT2D eigenvalue weighted by Gasteiger charge is -2.25. The molecule has 1 atom stereocenters. The number of rotatable bonds is 4. The van der Waals surface area contributed by atoms with Crippen LogP contribution < -0.4 is 4.90 Å². The highest BCUT2D eigenvalue weighted by Gasteiger charge is 2.29. The highest BCUT2D eigenvalue weighted by molar-refractivity contribution is 5.96. The molecule has 2 heterocycles. The molecule has 1 aliphatic heterocycles. The summed E-state index contributed by atoms with van der Waals surface area (Å²) in [5.41, 5.74) is 1.86. The number of carbonyl (C=O) groups is 1. The number of nitrogens with zero attached hydrogens (tertiary/aromatic N) is 1. The van der Waals surface area contributed by atoms with Crippen LogP contribution in [0.4, 0.5) is 5.69 Å². The lowest BCUT2D eigenvalue weighted by molar-refractivity contribution is -0.127. The van der Waals surface area contributed by atoms with E-state index in [0.717, 1.165) is 24.1 Å². The Morgan fingerprint density at radius 1 is 1.25 bits per heavy atom. The fourth-order valence-electron chi connectivity index (χ4n) is 2.42. The average Bonchev–Trinajstić information content (AvgIpc) is 3.18. The second kappa shape index (κ2) is 5.92. The predicted octanol–water partition coefficient (Wildman–Crippen LogP) is 2.99. The molecule has 1 aromatic carbocycles. The van der Waals surface area contributed by atoms with Gasteiger partial charge < -0.3 is 14.1 Å². The topological polar surface area (TPSA) is 42.7 Å². The molecule has 0 saturated carbocycles. The summed E-state index contributed by atoms with van der Waals surface area (Å²) in [5, 5.41) is 0. The van der Waals surface area contributed by atoms with Gasteiger partial charge in [-0.2, -0.15) is 0 Å². The number of ether oxygens (including phenoxy) is 1. The van der Waals surface area contributed by atoms with Crippen molar-refractivity contribution in [2.75, 3.05) is 11.5 Å². The zero-order valence-corrected chi connectivity index (χ0v) is 11.2. The summed E-state index contributed by atoms with van der Waals surface area (Å²) in [6, 6.07) is 11.6. The number of para-hydroxylation sites is 1. The molecule has 4 heteroatoms. The van der Waals surface area contributed by atoms with Crippen molar-refractivity contribution in [2.45, 2.75) is 25.5 Å². The summed E-state index contributed by atoms with van der Waals surface area (Å²) in [4.78, 5) is 14.4. The van der Waals surface area contributed by atoms with Crippen molar-refractivity contribution >= 4 is 11.6 Å². The van der Waals surface area contributed by atoms with Crippen LogP contribution in [0.25, 0.3) is 0 Å². The molecule has 0 radical (unpaired) electrons. The summed E-state index contributed by atoms with van der Waals surface area (Å²) in [5.74, 6) is 0.0231. The summed E-state index contributed by atoms with van der Waals surface area (Å²) in [6.07, 6.45) is 4.72. The van der Waals surface area contributed by atoms with Gasteiger partial charge >= 0.3 is 0 Å². The normalized spacial score (nSPS) is 18.1. The molecule has 1 aromatic heterocycles. The smallest absolute Gasteiger partial charge is 0.256 e. The van der Waals surface area contributed by atoms with Crippen LogP contribution >= 0.6 is 0 Å². The van der Waals surface area contributed by atoms with E-state index in [-0.39, 0.29) is 12.0 Å². The first-order chi connectivity index (χ1) is 9.84. The molecular weight excluding hydrogens is 254 g/mol. The molecule has 0 bridgehead atoms. The third kappa shape index (κ3) is 2.75. The second-order valence-electron chi connectivity index (χ2n) is 4.89. The number of furan rings is 1. The Morgan fingerprint density at radius 3 is 2.75 bits per heavy atom. The molecule has 1 amide bonds. The van der Waals surface area contributed by atoms with Crippen LogP contribution in [-0.2, 0) is 16.1 Å². The van der Waals surface area contributed by atoms with Gasteiger partial charge in [-0.1, -0.05) is 18.2 Å². The van der Waals surface area contributed by atoms with Gasteiger partial charge in [0.1, 0.15) is 6.10 Å². The van der Waals surface area contributed by atoms with Crippen molar-refractivity contribution in [1.82, 2.24) is 0 Å². The number of hydrogen-bond donors (Lipinski definition) is 0. The van der Waals surface area contributed by atoms with Crippen molar-refractivity contribution in [3.8, 4) is 0 Å². The van der Waals surface area contributed by atoms with Gasteiger partial charge in [0.25, 0.3) is 5.91 Å². The summed E-state index contributed by atoms with van der Waals surface area (Å²) < 4.78 is 10.6. The van der Waals surface area contributed by atoms with E-state index >= 15 is 0 Å². The molecule has 0 unspecified atom stereocenters. The standard InChI is InChI=1S/C16H17NO3/c18-16(15-7-4-9-20-15)17(11-13-8-10-19-12-13)14-5-2-1-3-6-14/h1-3,5-6,8,10,12,15H,4,7,9,11H2/t15-/m1/s1. The Hall–Kier alpha value is -2.07. The first kappa shape index (κ1) is 12.9. The largest absolute Gasteiger partial charge is 0.472 e. The first-order valence-corrected chi connectivity index (χ1v) is 6.84. The van der Waals surface area contributed by atoms with E-state index in [9.17, 15) is 4.79 Å². The Bertz CT molecular complexity index is 544. The molecule has 0 aliphatic carbocycles. The fourth-order valence-corrected chi connectivity index (χ4v) is 2.42. The van der Waals surface area contributed by atoms with Crippen molar-refractivity contribution < 1.29 is 13.9 Å². The Labute approximate surface area is 118 Å². The maximum absolute atomic E-state index is 12.6. The molecule has 1 aliphatic rings. The van der Waals surface area contributed by atoms with Gasteiger partial charge in [-0.05, 0) is 31.0 Å². The maximum atomic E-state index is 12.6. The van der Waals surface area contributed by atoms with Crippen molar-refractivity contribution in [2.24, 2.45) is 0 Å². The van der Waals surface area contributed by atoms with Gasteiger partial charge in [-0.3, -0.25) is 4.79 Å². The van der Waals surface area contributed by atoms with Crippen LogP contribution in [0.1, 0.15) is 18.4 Å². The van der Waals surface area contributed by atoms with Gasteiger partial charge in [0.2, 0.25) is 0 Å². The Morgan fingerprint density at radius 2 is 2.10 bits per heavy atom. The van der Waals surface area contributed by atoms with E-state index in [1.54, 1.807) is 17.4 Å². The van der Waals surface area contributed by atoms with Crippen molar-refractivity contribution in [3.63, 3.8) is 0 Å². The molecule has 2 aromatic rings. The van der Waals surface area contributed by atoms with Crippen LogP contribution in [0.5, 0.6) is 0 Å². The van der Waals surface area contributed by atoms with Crippen molar-refractivity contribution in [1.29, 1.82) is 0 Å². The average molecular weight is 271 g/mol. The molecule has 1 saturated heterocycles. The van der Waals surface area contributed by atoms with Crippen LogP contribution in [-0.4, -0.2) is 18.6 Å². The number of benzene rings is 1. The summed E-state index contributed by atoms with van der Waals surface area (Å²) in [6.45, 7) is 1.17. The highest BCUT2D eigenvalue weighted by atomic mass is 16.5. The number of hydrogen-bond acceptors (Lipinski definition) is 3. The lowest BCUT2D eigenvalue weighted by atomic mass is 10.1. The molecule has 3 rings (SSSR count). The monoisotopic (exact) mass is 271 g/mol. The number of carbonyl (C=O) groups excluding carboxylic acids is 1. The SMILES string of the molecule is O=C([C@H]1CCCO1)N(Cc1ccoc1)c1ccccc1. The molecular formula is C16H17NO3. The van der Waals surface area contributed by atoms with E-state index in [1.165, 1.54) is 0 Å². The number of anilines is 1. The predicted molar refractivity (Wildman–Crippen MR) is 75.3 cm³/mol. The zero-order chi connectivity index (χ0) is 13.8. The number of amides is 1. The third-order valence-corrected chi connectivity index (χ3v) is 3.46. The molecule has 104 valence electrons. The van der Waals surface area contributed by atoms with Crippen LogP contribution in [0.3, 0.4) is 0 Å². The van der Waals surface area contributed by atoms with Gasteiger partial charge in [0.05, 0.1) is 19.1 Å². The summed E-state index contributed by atoms with van der Waals surface area (Å²) >= 11 is 0. The second-order valence-corrected chi connectivity index (χ2v) is 4.89. The van der Waals surface area contributed by atoms with Gasteiger partial charge in [0.15, 0.2) is 0 Å². The van der Waals surface area contributed by atoms with E-state index in [1.807, 2.05) is 36.4 Å². The third-order valence-electron chi connectivity index (χ3n) is 3.46. The lowest BCUT2D eigenvalue weighted by Crippen LogP contribution is -2.38. The van der Waals surface area contributed by atoms with Gasteiger partial charge in [-0.25, -0.2) is 0 Å². The molecule has 0 spiro atoms. The quantitative estimate of drug-likeness (QED) is 0.858. The van der Waals surface area contributed by atoms with E-state index in [0.29, 0.717) is 13.2 Å². The molecule has 0 N–H and O–H groups in total. The zero-order valence-electron chi connectivity index (χ0n) is 11.2. The minimum atomic E-state index is -0.317. The fraction of sp³-hybridized carbons (Fsp3) is 0.312. The van der Waals surface area contributed by atoms with E-state index < -0.39 is 0 Å². The van der Waals surface area contributed by atoms with E-state index in [4.69, 9.17) is 9.15 Å². The minimum Gasteiger partial charge on any atom is -0.472 e. The first-order valence-electron chi connectivity index (χ1n) is 6.84.